The first kappa shape index (κ1) is 10.5. The van der Waals surface area contributed by atoms with Crippen molar-refractivity contribution in [2.75, 3.05) is 19.0 Å². The number of anilines is 1. The Morgan fingerprint density at radius 2 is 2.38 bits per heavy atom. The average Bonchev–Trinajstić information content (AvgIpc) is 2.50. The molecule has 0 saturated carbocycles. The monoisotopic (exact) mass is 200 g/mol. The lowest BCUT2D eigenvalue weighted by molar-refractivity contribution is 0.182. The molecule has 4 heteroatoms. The van der Waals surface area contributed by atoms with Gasteiger partial charge in [0.25, 0.3) is 0 Å². The molecular weight excluding hydrogens is 184 g/mol. The van der Waals surface area contributed by atoms with Crippen LogP contribution in [0.15, 0.2) is 5.38 Å². The van der Waals surface area contributed by atoms with Gasteiger partial charge in [-0.25, -0.2) is 4.98 Å². The van der Waals surface area contributed by atoms with E-state index in [0.717, 1.165) is 17.4 Å². The second-order valence-electron chi connectivity index (χ2n) is 3.35. The third-order valence-electron chi connectivity index (χ3n) is 1.51. The fourth-order valence-electron chi connectivity index (χ4n) is 0.894. The van der Waals surface area contributed by atoms with E-state index in [1.807, 2.05) is 5.38 Å². The first-order valence-electron chi connectivity index (χ1n) is 4.39. The van der Waals surface area contributed by atoms with Gasteiger partial charge in [-0.15, -0.1) is 11.3 Å². The van der Waals surface area contributed by atoms with Gasteiger partial charge < -0.3 is 10.1 Å². The summed E-state index contributed by atoms with van der Waals surface area (Å²) in [4.78, 5) is 4.35. The molecule has 0 radical (unpaired) electrons. The van der Waals surface area contributed by atoms with Crippen LogP contribution in [0.4, 0.5) is 5.13 Å². The molecule has 1 rings (SSSR count). The summed E-state index contributed by atoms with van der Waals surface area (Å²) in [7, 11) is 1.68. The Bertz CT molecular complexity index is 248. The van der Waals surface area contributed by atoms with Crippen molar-refractivity contribution in [3.05, 3.63) is 11.1 Å². The molecule has 74 valence electrons. The van der Waals surface area contributed by atoms with E-state index in [4.69, 9.17) is 4.74 Å². The number of thiazole rings is 1. The quantitative estimate of drug-likeness (QED) is 0.792. The summed E-state index contributed by atoms with van der Waals surface area (Å²) < 4.78 is 4.98. The third kappa shape index (κ3) is 3.74. The fraction of sp³-hybridized carbons (Fsp3) is 0.667. The maximum Gasteiger partial charge on any atom is 0.182 e. The van der Waals surface area contributed by atoms with Crippen LogP contribution >= 0.6 is 11.3 Å². The Morgan fingerprint density at radius 3 is 3.00 bits per heavy atom. The molecule has 1 aromatic heterocycles. The molecule has 1 N–H and O–H groups in total. The van der Waals surface area contributed by atoms with E-state index in [9.17, 15) is 0 Å². The Labute approximate surface area is 83.1 Å². The first-order chi connectivity index (χ1) is 6.22. The molecule has 0 aliphatic rings. The molecule has 13 heavy (non-hydrogen) atoms. The molecule has 0 unspecified atom stereocenters. The van der Waals surface area contributed by atoms with Crippen LogP contribution in [0.1, 0.15) is 19.5 Å². The Hall–Kier alpha value is -0.610. The zero-order valence-corrected chi connectivity index (χ0v) is 9.15. The minimum Gasteiger partial charge on any atom is -0.378 e. The maximum absolute atomic E-state index is 4.98. The van der Waals surface area contributed by atoms with Crippen molar-refractivity contribution in [2.45, 2.75) is 20.5 Å². The molecule has 0 spiro atoms. The molecule has 0 aromatic carbocycles. The van der Waals surface area contributed by atoms with Crippen LogP contribution in [0.25, 0.3) is 0 Å². The van der Waals surface area contributed by atoms with Crippen molar-refractivity contribution in [2.24, 2.45) is 5.92 Å². The molecular formula is C9H16N2OS. The van der Waals surface area contributed by atoms with Gasteiger partial charge in [0.1, 0.15) is 0 Å². The summed E-state index contributed by atoms with van der Waals surface area (Å²) in [6.45, 7) is 5.92. The number of nitrogens with one attached hydrogen (secondary N) is 1. The van der Waals surface area contributed by atoms with Crippen molar-refractivity contribution >= 4 is 16.5 Å². The van der Waals surface area contributed by atoms with E-state index in [2.05, 4.69) is 24.1 Å². The van der Waals surface area contributed by atoms with Crippen LogP contribution in [-0.2, 0) is 11.3 Å². The molecule has 0 saturated heterocycles. The van der Waals surface area contributed by atoms with Gasteiger partial charge in [-0.1, -0.05) is 13.8 Å². The molecule has 0 bridgehead atoms. The van der Waals surface area contributed by atoms with Crippen LogP contribution < -0.4 is 5.32 Å². The Balaban J connectivity index is 2.39. The van der Waals surface area contributed by atoms with Gasteiger partial charge in [-0.2, -0.15) is 0 Å². The van der Waals surface area contributed by atoms with Crippen LogP contribution in [0.5, 0.6) is 0 Å². The average molecular weight is 200 g/mol. The third-order valence-corrected chi connectivity index (χ3v) is 2.35. The zero-order valence-electron chi connectivity index (χ0n) is 8.33. The summed E-state index contributed by atoms with van der Waals surface area (Å²) in [5.74, 6) is 0.648. The summed E-state index contributed by atoms with van der Waals surface area (Å²) in [6, 6.07) is 0. The van der Waals surface area contributed by atoms with Gasteiger partial charge in [0.2, 0.25) is 0 Å². The van der Waals surface area contributed by atoms with Gasteiger partial charge in [0.05, 0.1) is 12.3 Å². The van der Waals surface area contributed by atoms with E-state index in [-0.39, 0.29) is 0 Å². The summed E-state index contributed by atoms with van der Waals surface area (Å²) >= 11 is 1.63. The molecule has 0 atom stereocenters. The van der Waals surface area contributed by atoms with Crippen LogP contribution in [0, 0.1) is 5.92 Å². The highest BCUT2D eigenvalue weighted by Crippen LogP contribution is 2.15. The fourth-order valence-corrected chi connectivity index (χ4v) is 1.60. The number of ether oxygens (including phenoxy) is 1. The summed E-state index contributed by atoms with van der Waals surface area (Å²) in [5, 5.41) is 6.28. The highest BCUT2D eigenvalue weighted by Gasteiger charge is 2.01. The smallest absolute Gasteiger partial charge is 0.182 e. The SMILES string of the molecule is COCc1csc(NCC(C)C)n1. The number of rotatable bonds is 5. The van der Waals surface area contributed by atoms with E-state index in [0.29, 0.717) is 12.5 Å². The predicted octanol–water partition coefficient (Wildman–Crippen LogP) is 2.36. The molecule has 0 aliphatic heterocycles. The molecule has 0 aliphatic carbocycles. The van der Waals surface area contributed by atoms with E-state index < -0.39 is 0 Å². The highest BCUT2D eigenvalue weighted by atomic mass is 32.1. The topological polar surface area (TPSA) is 34.1 Å². The standard InChI is InChI=1S/C9H16N2OS/c1-7(2)4-10-9-11-8(5-12-3)6-13-9/h6-7H,4-5H2,1-3H3,(H,10,11). The van der Waals surface area contributed by atoms with Crippen molar-refractivity contribution in [3.8, 4) is 0 Å². The van der Waals surface area contributed by atoms with E-state index >= 15 is 0 Å². The van der Waals surface area contributed by atoms with E-state index in [1.165, 1.54) is 0 Å². The van der Waals surface area contributed by atoms with Gasteiger partial charge in [0.15, 0.2) is 5.13 Å². The minimum atomic E-state index is 0.597. The van der Waals surface area contributed by atoms with Crippen LogP contribution in [0.2, 0.25) is 0 Å². The van der Waals surface area contributed by atoms with Crippen molar-refractivity contribution < 1.29 is 4.74 Å². The van der Waals surface area contributed by atoms with Gasteiger partial charge in [-0.05, 0) is 5.92 Å². The summed E-state index contributed by atoms with van der Waals surface area (Å²) in [6.07, 6.45) is 0. The number of aromatic nitrogens is 1. The number of methoxy groups -OCH3 is 1. The Morgan fingerprint density at radius 1 is 1.62 bits per heavy atom. The minimum absolute atomic E-state index is 0.597. The lowest BCUT2D eigenvalue weighted by Crippen LogP contribution is -2.07. The van der Waals surface area contributed by atoms with Gasteiger partial charge >= 0.3 is 0 Å². The zero-order chi connectivity index (χ0) is 9.68. The van der Waals surface area contributed by atoms with Gasteiger partial charge in [-0.3, -0.25) is 0 Å². The molecule has 1 heterocycles. The second-order valence-corrected chi connectivity index (χ2v) is 4.21. The highest BCUT2D eigenvalue weighted by molar-refractivity contribution is 7.13. The predicted molar refractivity (Wildman–Crippen MR) is 56.2 cm³/mol. The largest absolute Gasteiger partial charge is 0.378 e. The van der Waals surface area contributed by atoms with Crippen molar-refractivity contribution in [1.82, 2.24) is 4.98 Å². The van der Waals surface area contributed by atoms with Crippen LogP contribution in [-0.4, -0.2) is 18.6 Å². The van der Waals surface area contributed by atoms with Gasteiger partial charge in [0, 0.05) is 19.0 Å². The lowest BCUT2D eigenvalue weighted by Gasteiger charge is -2.04. The number of hydrogen-bond donors (Lipinski definition) is 1. The Kier molecular flexibility index (Phi) is 4.18. The van der Waals surface area contributed by atoms with Crippen molar-refractivity contribution in [1.29, 1.82) is 0 Å². The van der Waals surface area contributed by atoms with Crippen LogP contribution in [0.3, 0.4) is 0 Å². The summed E-state index contributed by atoms with van der Waals surface area (Å²) in [5.41, 5.74) is 0.999. The first-order valence-corrected chi connectivity index (χ1v) is 5.27. The van der Waals surface area contributed by atoms with E-state index in [1.54, 1.807) is 18.4 Å². The number of nitrogens with zero attached hydrogens (tertiary/aromatic N) is 1. The lowest BCUT2D eigenvalue weighted by atomic mass is 10.2. The normalized spacial score (nSPS) is 10.8. The van der Waals surface area contributed by atoms with Crippen molar-refractivity contribution in [3.63, 3.8) is 0 Å². The molecule has 3 nitrogen and oxygen atoms in total. The maximum atomic E-state index is 4.98. The molecule has 1 aromatic rings. The molecule has 0 fully saturated rings. The number of hydrogen-bond acceptors (Lipinski definition) is 4. The molecule has 0 amide bonds. The second kappa shape index (κ2) is 5.19.